The number of nitrogens with one attached hydrogen (secondary N) is 1. The van der Waals surface area contributed by atoms with Crippen LogP contribution in [0.4, 0.5) is 0 Å². The number of hydrogen-bond acceptors (Lipinski definition) is 1. The highest BCUT2D eigenvalue weighted by atomic mass is 35.5. The van der Waals surface area contributed by atoms with Gasteiger partial charge in [0, 0.05) is 5.71 Å². The molecule has 0 aromatic heterocycles. The SMILES string of the molecule is Bc1cccc(C(=N)CCC)c1.Cl.O.O. The molecule has 0 amide bonds. The number of rotatable bonds is 3. The fourth-order valence-corrected chi connectivity index (χ4v) is 1.23. The summed E-state index contributed by atoms with van der Waals surface area (Å²) in [7, 11) is 2.06. The second-order valence-electron chi connectivity index (χ2n) is 3.10. The van der Waals surface area contributed by atoms with Gasteiger partial charge < -0.3 is 16.4 Å². The molecule has 1 aromatic rings. The standard InChI is InChI=1S/C10H14BN.ClH.2H2O/c1-2-4-10(12)8-5-3-6-9(11)7-8;;;/h3,5-7,12H,2,4,11H2,1H3;1H;2*1H2. The lowest BCUT2D eigenvalue weighted by Crippen LogP contribution is -2.06. The molecular weight excluding hydrogens is 212 g/mol. The molecular formula is C10H19BClNO2. The summed E-state index contributed by atoms with van der Waals surface area (Å²) in [5.41, 5.74) is 3.05. The third kappa shape index (κ3) is 6.28. The number of halogens is 1. The van der Waals surface area contributed by atoms with E-state index < -0.39 is 0 Å². The Bertz CT molecular complexity index is 295. The van der Waals surface area contributed by atoms with Crippen LogP contribution in [0.1, 0.15) is 25.3 Å². The molecule has 0 aliphatic heterocycles. The molecule has 0 spiro atoms. The molecule has 1 rings (SSSR count). The minimum atomic E-state index is 0. The molecule has 5 N–H and O–H groups in total. The molecule has 5 heteroatoms. The van der Waals surface area contributed by atoms with E-state index in [1.807, 2.05) is 12.1 Å². The predicted octanol–water partition coefficient (Wildman–Crippen LogP) is -0.115. The molecule has 0 saturated heterocycles. The van der Waals surface area contributed by atoms with E-state index in [-0.39, 0.29) is 23.4 Å². The van der Waals surface area contributed by atoms with Gasteiger partial charge in [0.1, 0.15) is 7.85 Å². The van der Waals surface area contributed by atoms with Crippen molar-refractivity contribution in [1.82, 2.24) is 0 Å². The maximum atomic E-state index is 7.73. The van der Waals surface area contributed by atoms with Crippen molar-refractivity contribution in [3.8, 4) is 0 Å². The Kier molecular flexibility index (Phi) is 12.7. The molecule has 3 nitrogen and oxygen atoms in total. The molecule has 0 radical (unpaired) electrons. The first-order valence-corrected chi connectivity index (χ1v) is 4.38. The molecule has 0 saturated carbocycles. The average molecular weight is 232 g/mol. The lowest BCUT2D eigenvalue weighted by atomic mass is 9.92. The highest BCUT2D eigenvalue weighted by Crippen LogP contribution is 2.02. The van der Waals surface area contributed by atoms with Crippen LogP contribution in [0.15, 0.2) is 24.3 Å². The van der Waals surface area contributed by atoms with Crippen LogP contribution in [0.5, 0.6) is 0 Å². The second kappa shape index (κ2) is 9.71. The molecule has 0 bridgehead atoms. The first kappa shape index (κ1) is 19.7. The molecule has 15 heavy (non-hydrogen) atoms. The molecule has 0 unspecified atom stereocenters. The van der Waals surface area contributed by atoms with E-state index in [0.29, 0.717) is 0 Å². The monoisotopic (exact) mass is 231 g/mol. The topological polar surface area (TPSA) is 86.8 Å². The molecule has 0 atom stereocenters. The summed E-state index contributed by atoms with van der Waals surface area (Å²) in [6, 6.07) is 8.14. The Balaban J connectivity index is -0.000000480. The minimum Gasteiger partial charge on any atom is -0.412 e. The molecule has 0 heterocycles. The van der Waals surface area contributed by atoms with Crippen molar-refractivity contribution in [3.05, 3.63) is 29.8 Å². The van der Waals surface area contributed by atoms with Gasteiger partial charge in [0.15, 0.2) is 0 Å². The Morgan fingerprint density at radius 2 is 1.93 bits per heavy atom. The normalized spacial score (nSPS) is 7.80. The van der Waals surface area contributed by atoms with E-state index in [1.165, 1.54) is 5.46 Å². The quantitative estimate of drug-likeness (QED) is 0.556. The van der Waals surface area contributed by atoms with Crippen LogP contribution in [-0.2, 0) is 0 Å². The zero-order chi connectivity index (χ0) is 8.97. The third-order valence-corrected chi connectivity index (χ3v) is 1.87. The average Bonchev–Trinajstić information content (AvgIpc) is 2.05. The van der Waals surface area contributed by atoms with Gasteiger partial charge in [0.2, 0.25) is 0 Å². The highest BCUT2D eigenvalue weighted by Gasteiger charge is 1.98. The van der Waals surface area contributed by atoms with Crippen LogP contribution >= 0.6 is 12.4 Å². The van der Waals surface area contributed by atoms with E-state index in [4.69, 9.17) is 5.41 Å². The van der Waals surface area contributed by atoms with Crippen molar-refractivity contribution < 1.29 is 11.0 Å². The fourth-order valence-electron chi connectivity index (χ4n) is 1.23. The smallest absolute Gasteiger partial charge is 0.139 e. The van der Waals surface area contributed by atoms with Gasteiger partial charge in [-0.15, -0.1) is 12.4 Å². The molecule has 0 fully saturated rings. The van der Waals surface area contributed by atoms with Crippen LogP contribution in [0.3, 0.4) is 0 Å². The zero-order valence-corrected chi connectivity index (χ0v) is 9.95. The van der Waals surface area contributed by atoms with E-state index in [0.717, 1.165) is 24.1 Å². The Hall–Kier alpha value is -0.835. The van der Waals surface area contributed by atoms with Crippen molar-refractivity contribution in [3.63, 3.8) is 0 Å². The van der Waals surface area contributed by atoms with Crippen molar-refractivity contribution in [2.24, 2.45) is 0 Å². The second-order valence-corrected chi connectivity index (χ2v) is 3.10. The van der Waals surface area contributed by atoms with E-state index >= 15 is 0 Å². The summed E-state index contributed by atoms with van der Waals surface area (Å²) >= 11 is 0. The highest BCUT2D eigenvalue weighted by molar-refractivity contribution is 6.32. The Morgan fingerprint density at radius 3 is 2.40 bits per heavy atom. The van der Waals surface area contributed by atoms with E-state index in [9.17, 15) is 0 Å². The maximum Gasteiger partial charge on any atom is 0.139 e. The van der Waals surface area contributed by atoms with Crippen LogP contribution in [-0.4, -0.2) is 24.5 Å². The number of hydrogen-bond donors (Lipinski definition) is 1. The van der Waals surface area contributed by atoms with Gasteiger partial charge in [0.25, 0.3) is 0 Å². The molecule has 0 aliphatic rings. The van der Waals surface area contributed by atoms with E-state index in [1.54, 1.807) is 0 Å². The summed E-state index contributed by atoms with van der Waals surface area (Å²) in [6.07, 6.45) is 1.93. The largest absolute Gasteiger partial charge is 0.412 e. The Morgan fingerprint density at radius 1 is 1.33 bits per heavy atom. The van der Waals surface area contributed by atoms with Gasteiger partial charge in [-0.05, 0) is 12.0 Å². The zero-order valence-electron chi connectivity index (χ0n) is 9.13. The number of benzene rings is 1. The lowest BCUT2D eigenvalue weighted by molar-refractivity contribution is 0.823. The van der Waals surface area contributed by atoms with Crippen LogP contribution in [0, 0.1) is 5.41 Å². The van der Waals surface area contributed by atoms with Crippen LogP contribution < -0.4 is 5.46 Å². The van der Waals surface area contributed by atoms with Crippen molar-refractivity contribution in [2.75, 3.05) is 0 Å². The van der Waals surface area contributed by atoms with Gasteiger partial charge in [-0.2, -0.15) is 0 Å². The van der Waals surface area contributed by atoms with Crippen LogP contribution in [0.2, 0.25) is 0 Å². The van der Waals surface area contributed by atoms with Crippen LogP contribution in [0.25, 0.3) is 0 Å². The van der Waals surface area contributed by atoms with Gasteiger partial charge in [-0.25, -0.2) is 0 Å². The first-order valence-electron chi connectivity index (χ1n) is 4.38. The molecule has 1 aromatic carbocycles. The van der Waals surface area contributed by atoms with Crippen molar-refractivity contribution in [1.29, 1.82) is 5.41 Å². The van der Waals surface area contributed by atoms with Gasteiger partial charge in [-0.3, -0.25) is 0 Å². The van der Waals surface area contributed by atoms with Gasteiger partial charge >= 0.3 is 0 Å². The summed E-state index contributed by atoms with van der Waals surface area (Å²) in [5, 5.41) is 7.73. The van der Waals surface area contributed by atoms with Gasteiger partial charge in [0.05, 0.1) is 0 Å². The maximum absolute atomic E-state index is 7.73. The fraction of sp³-hybridized carbons (Fsp3) is 0.300. The lowest BCUT2D eigenvalue weighted by Gasteiger charge is -2.02. The van der Waals surface area contributed by atoms with Crippen molar-refractivity contribution in [2.45, 2.75) is 19.8 Å². The third-order valence-electron chi connectivity index (χ3n) is 1.87. The van der Waals surface area contributed by atoms with E-state index in [2.05, 4.69) is 26.9 Å². The summed E-state index contributed by atoms with van der Waals surface area (Å²) in [6.45, 7) is 2.10. The summed E-state index contributed by atoms with van der Waals surface area (Å²) < 4.78 is 0. The summed E-state index contributed by atoms with van der Waals surface area (Å²) in [5.74, 6) is 0. The molecule has 0 aliphatic carbocycles. The molecule has 86 valence electrons. The summed E-state index contributed by atoms with van der Waals surface area (Å²) in [4.78, 5) is 0. The van der Waals surface area contributed by atoms with Gasteiger partial charge in [-0.1, -0.05) is 43.1 Å². The predicted molar refractivity (Wildman–Crippen MR) is 70.8 cm³/mol. The van der Waals surface area contributed by atoms with Crippen molar-refractivity contribution >= 4 is 31.4 Å². The minimum absolute atomic E-state index is 0. The first-order chi connectivity index (χ1) is 5.74. The Labute approximate surface area is 97.8 Å².